The Hall–Kier alpha value is -1.26. The standard InChI is InChI=1S/C15H20ClNO3/c1-2-6-20-14-4-3-12(16)8-13(14)15(18)17-9-11-5-7-19-10-11/h3-4,8,11H,2,5-7,9-10H2,1H3,(H,17,18)/t11-/m1/s1. The van der Waals surface area contributed by atoms with E-state index in [-0.39, 0.29) is 5.91 Å². The van der Waals surface area contributed by atoms with Crippen molar-refractivity contribution in [1.29, 1.82) is 0 Å². The van der Waals surface area contributed by atoms with Gasteiger partial charge in [-0.1, -0.05) is 18.5 Å². The van der Waals surface area contributed by atoms with Crippen molar-refractivity contribution in [1.82, 2.24) is 5.32 Å². The highest BCUT2D eigenvalue weighted by Gasteiger charge is 2.18. The molecule has 20 heavy (non-hydrogen) atoms. The van der Waals surface area contributed by atoms with Crippen LogP contribution in [-0.4, -0.2) is 32.3 Å². The maximum atomic E-state index is 12.2. The number of hydrogen-bond acceptors (Lipinski definition) is 3. The number of rotatable bonds is 6. The Morgan fingerprint density at radius 3 is 3.10 bits per heavy atom. The molecule has 0 bridgehead atoms. The molecule has 0 spiro atoms. The lowest BCUT2D eigenvalue weighted by Crippen LogP contribution is -2.29. The molecule has 5 heteroatoms. The molecule has 4 nitrogen and oxygen atoms in total. The lowest BCUT2D eigenvalue weighted by atomic mass is 10.1. The number of ether oxygens (including phenoxy) is 2. The summed E-state index contributed by atoms with van der Waals surface area (Å²) in [6.45, 7) is 4.73. The molecular formula is C15H20ClNO3. The van der Waals surface area contributed by atoms with Crippen LogP contribution in [0, 0.1) is 5.92 Å². The van der Waals surface area contributed by atoms with Crippen LogP contribution in [0.15, 0.2) is 18.2 Å². The van der Waals surface area contributed by atoms with E-state index in [1.165, 1.54) is 0 Å². The topological polar surface area (TPSA) is 47.6 Å². The van der Waals surface area contributed by atoms with E-state index in [9.17, 15) is 4.79 Å². The molecule has 110 valence electrons. The van der Waals surface area contributed by atoms with Gasteiger partial charge in [-0.3, -0.25) is 4.79 Å². The van der Waals surface area contributed by atoms with Crippen LogP contribution < -0.4 is 10.1 Å². The first kappa shape index (κ1) is 15.1. The minimum Gasteiger partial charge on any atom is -0.493 e. The fourth-order valence-electron chi connectivity index (χ4n) is 2.09. The molecule has 1 aliphatic rings. The monoisotopic (exact) mass is 297 g/mol. The Morgan fingerprint density at radius 1 is 1.55 bits per heavy atom. The van der Waals surface area contributed by atoms with Gasteiger partial charge in [0.2, 0.25) is 0 Å². The van der Waals surface area contributed by atoms with Crippen molar-refractivity contribution in [2.45, 2.75) is 19.8 Å². The molecule has 1 aromatic carbocycles. The second-order valence-corrected chi connectivity index (χ2v) is 5.37. The zero-order chi connectivity index (χ0) is 14.4. The van der Waals surface area contributed by atoms with Crippen LogP contribution in [0.4, 0.5) is 0 Å². The predicted octanol–water partition coefficient (Wildman–Crippen LogP) is 2.90. The van der Waals surface area contributed by atoms with Gasteiger partial charge in [-0.2, -0.15) is 0 Å². The summed E-state index contributed by atoms with van der Waals surface area (Å²) in [6, 6.07) is 5.12. The minimum atomic E-state index is -0.148. The molecule has 1 N–H and O–H groups in total. The SMILES string of the molecule is CCCOc1ccc(Cl)cc1C(=O)NC[C@H]1CCOC1. The number of hydrogen-bond donors (Lipinski definition) is 1. The van der Waals surface area contributed by atoms with Gasteiger partial charge >= 0.3 is 0 Å². The summed E-state index contributed by atoms with van der Waals surface area (Å²) in [5.74, 6) is 0.833. The van der Waals surface area contributed by atoms with Gasteiger partial charge in [0.15, 0.2) is 0 Å². The lowest BCUT2D eigenvalue weighted by Gasteiger charge is -2.13. The van der Waals surface area contributed by atoms with Crippen LogP contribution in [0.3, 0.4) is 0 Å². The zero-order valence-corrected chi connectivity index (χ0v) is 12.4. The largest absolute Gasteiger partial charge is 0.493 e. The van der Waals surface area contributed by atoms with E-state index in [1.54, 1.807) is 18.2 Å². The molecule has 1 heterocycles. The molecule has 0 radical (unpaired) electrons. The molecule has 1 aromatic rings. The predicted molar refractivity (Wildman–Crippen MR) is 78.5 cm³/mol. The molecule has 1 fully saturated rings. The first-order chi connectivity index (χ1) is 9.70. The molecule has 0 aromatic heterocycles. The van der Waals surface area contributed by atoms with Crippen molar-refractivity contribution in [3.63, 3.8) is 0 Å². The number of amides is 1. The average Bonchev–Trinajstić information content (AvgIpc) is 2.96. The second-order valence-electron chi connectivity index (χ2n) is 4.93. The Bertz CT molecular complexity index is 458. The van der Waals surface area contributed by atoms with Crippen LogP contribution >= 0.6 is 11.6 Å². The normalized spacial score (nSPS) is 18.0. The summed E-state index contributed by atoms with van der Waals surface area (Å²) in [7, 11) is 0. The quantitative estimate of drug-likeness (QED) is 0.878. The second kappa shape index (κ2) is 7.50. The van der Waals surface area contributed by atoms with Crippen LogP contribution in [0.25, 0.3) is 0 Å². The molecule has 0 unspecified atom stereocenters. The van der Waals surface area contributed by atoms with Crippen molar-refractivity contribution in [2.24, 2.45) is 5.92 Å². The average molecular weight is 298 g/mol. The fourth-order valence-corrected chi connectivity index (χ4v) is 2.27. The maximum Gasteiger partial charge on any atom is 0.255 e. The van der Waals surface area contributed by atoms with Gasteiger partial charge in [0.1, 0.15) is 5.75 Å². The number of halogens is 1. The van der Waals surface area contributed by atoms with Crippen molar-refractivity contribution in [3.8, 4) is 5.75 Å². The molecule has 1 amide bonds. The van der Waals surface area contributed by atoms with Gasteiger partial charge in [-0.15, -0.1) is 0 Å². The first-order valence-corrected chi connectivity index (χ1v) is 7.36. The molecule has 0 saturated carbocycles. The molecule has 0 aliphatic carbocycles. The van der Waals surface area contributed by atoms with E-state index in [4.69, 9.17) is 21.1 Å². The van der Waals surface area contributed by atoms with E-state index in [0.29, 0.717) is 35.4 Å². The van der Waals surface area contributed by atoms with Gasteiger partial charge in [0.05, 0.1) is 18.8 Å². The van der Waals surface area contributed by atoms with Crippen molar-refractivity contribution >= 4 is 17.5 Å². The summed E-state index contributed by atoms with van der Waals surface area (Å²) >= 11 is 5.97. The summed E-state index contributed by atoms with van der Waals surface area (Å²) in [6.07, 6.45) is 1.89. The van der Waals surface area contributed by atoms with E-state index < -0.39 is 0 Å². The summed E-state index contributed by atoms with van der Waals surface area (Å²) < 4.78 is 10.9. The van der Waals surface area contributed by atoms with Gasteiger partial charge in [-0.25, -0.2) is 0 Å². The Kier molecular flexibility index (Phi) is 5.68. The Labute approximate surface area is 124 Å². The van der Waals surface area contributed by atoms with Gasteiger partial charge in [0, 0.05) is 24.1 Å². The van der Waals surface area contributed by atoms with Gasteiger partial charge < -0.3 is 14.8 Å². The van der Waals surface area contributed by atoms with Crippen LogP contribution in [0.5, 0.6) is 5.75 Å². The first-order valence-electron chi connectivity index (χ1n) is 6.99. The zero-order valence-electron chi connectivity index (χ0n) is 11.7. The third-order valence-electron chi connectivity index (χ3n) is 3.22. The van der Waals surface area contributed by atoms with Crippen molar-refractivity contribution < 1.29 is 14.3 Å². The Morgan fingerprint density at radius 2 is 2.40 bits per heavy atom. The highest BCUT2D eigenvalue weighted by Crippen LogP contribution is 2.23. The number of benzene rings is 1. The minimum absolute atomic E-state index is 0.148. The fraction of sp³-hybridized carbons (Fsp3) is 0.533. The molecule has 1 aliphatic heterocycles. The summed E-state index contributed by atoms with van der Waals surface area (Å²) in [5, 5.41) is 3.46. The lowest BCUT2D eigenvalue weighted by molar-refractivity contribution is 0.0941. The Balaban J connectivity index is 2.00. The molecule has 2 rings (SSSR count). The van der Waals surface area contributed by atoms with Crippen LogP contribution in [0.2, 0.25) is 5.02 Å². The third-order valence-corrected chi connectivity index (χ3v) is 3.46. The molecular weight excluding hydrogens is 278 g/mol. The van der Waals surface area contributed by atoms with Crippen molar-refractivity contribution in [3.05, 3.63) is 28.8 Å². The maximum absolute atomic E-state index is 12.2. The van der Waals surface area contributed by atoms with E-state index in [0.717, 1.165) is 26.1 Å². The van der Waals surface area contributed by atoms with Crippen LogP contribution in [0.1, 0.15) is 30.1 Å². The van der Waals surface area contributed by atoms with Crippen molar-refractivity contribution in [2.75, 3.05) is 26.4 Å². The smallest absolute Gasteiger partial charge is 0.255 e. The molecule has 1 saturated heterocycles. The number of carbonyl (C=O) groups is 1. The van der Waals surface area contributed by atoms with E-state index >= 15 is 0 Å². The number of carbonyl (C=O) groups excluding carboxylic acids is 1. The van der Waals surface area contributed by atoms with Gasteiger partial charge in [-0.05, 0) is 31.0 Å². The third kappa shape index (κ3) is 4.12. The van der Waals surface area contributed by atoms with E-state index in [1.807, 2.05) is 6.92 Å². The molecule has 1 atom stereocenters. The van der Waals surface area contributed by atoms with E-state index in [2.05, 4.69) is 5.32 Å². The number of nitrogens with one attached hydrogen (secondary N) is 1. The highest BCUT2D eigenvalue weighted by atomic mass is 35.5. The van der Waals surface area contributed by atoms with Gasteiger partial charge in [0.25, 0.3) is 5.91 Å². The highest BCUT2D eigenvalue weighted by molar-refractivity contribution is 6.31. The van der Waals surface area contributed by atoms with Crippen LogP contribution in [-0.2, 0) is 4.74 Å². The summed E-state index contributed by atoms with van der Waals surface area (Å²) in [4.78, 5) is 12.2. The summed E-state index contributed by atoms with van der Waals surface area (Å²) in [5.41, 5.74) is 0.491.